The summed E-state index contributed by atoms with van der Waals surface area (Å²) in [5.74, 6) is 0.224. The van der Waals surface area contributed by atoms with Crippen LogP contribution in [0.1, 0.15) is 35.1 Å². The van der Waals surface area contributed by atoms with Crippen LogP contribution in [0, 0.1) is 19.8 Å². The second kappa shape index (κ2) is 9.17. The van der Waals surface area contributed by atoms with Crippen molar-refractivity contribution in [2.45, 2.75) is 39.7 Å². The molecule has 0 unspecified atom stereocenters. The van der Waals surface area contributed by atoms with Crippen molar-refractivity contribution in [2.75, 3.05) is 10.2 Å². The van der Waals surface area contributed by atoms with Crippen molar-refractivity contribution in [3.05, 3.63) is 95.1 Å². The first-order chi connectivity index (χ1) is 15.0. The van der Waals surface area contributed by atoms with Gasteiger partial charge in [0.15, 0.2) is 0 Å². The molecule has 1 saturated carbocycles. The fourth-order valence-electron chi connectivity index (χ4n) is 3.67. The molecule has 1 fully saturated rings. The SMILES string of the molecule is Cc1ccc(CN(C(=O)C2CC2)c2cccc(CC(=O)Nc3cccc(C)c3)c2)cc1. The quantitative estimate of drug-likeness (QED) is 0.563. The summed E-state index contributed by atoms with van der Waals surface area (Å²) in [6, 6.07) is 23.8. The lowest BCUT2D eigenvalue weighted by molar-refractivity contribution is -0.120. The summed E-state index contributed by atoms with van der Waals surface area (Å²) < 4.78 is 0. The molecule has 0 aliphatic heterocycles. The summed E-state index contributed by atoms with van der Waals surface area (Å²) in [5.41, 5.74) is 5.93. The highest BCUT2D eigenvalue weighted by Crippen LogP contribution is 2.34. The van der Waals surface area contributed by atoms with Gasteiger partial charge in [0, 0.05) is 17.3 Å². The second-order valence-corrected chi connectivity index (χ2v) is 8.45. The number of nitrogens with zero attached hydrogens (tertiary/aromatic N) is 1. The molecule has 0 bridgehead atoms. The van der Waals surface area contributed by atoms with Crippen molar-refractivity contribution in [3.63, 3.8) is 0 Å². The number of carbonyl (C=O) groups is 2. The van der Waals surface area contributed by atoms with E-state index in [0.29, 0.717) is 6.54 Å². The number of rotatable bonds is 7. The molecule has 3 aromatic rings. The molecule has 3 aromatic carbocycles. The Hall–Kier alpha value is -3.40. The molecule has 4 rings (SSSR count). The maximum Gasteiger partial charge on any atom is 0.230 e. The Labute approximate surface area is 183 Å². The van der Waals surface area contributed by atoms with Crippen molar-refractivity contribution in [2.24, 2.45) is 5.92 Å². The molecule has 158 valence electrons. The van der Waals surface area contributed by atoms with Crippen molar-refractivity contribution >= 4 is 23.2 Å². The first-order valence-corrected chi connectivity index (χ1v) is 10.8. The summed E-state index contributed by atoms with van der Waals surface area (Å²) in [4.78, 5) is 27.5. The Bertz CT molecular complexity index is 1080. The lowest BCUT2D eigenvalue weighted by Crippen LogP contribution is -2.31. The van der Waals surface area contributed by atoms with Gasteiger partial charge in [0.25, 0.3) is 0 Å². The molecule has 0 heterocycles. The Morgan fingerprint density at radius 1 is 0.871 bits per heavy atom. The monoisotopic (exact) mass is 412 g/mol. The molecule has 0 spiro atoms. The van der Waals surface area contributed by atoms with Gasteiger partial charge in [-0.3, -0.25) is 9.59 Å². The van der Waals surface area contributed by atoms with Gasteiger partial charge in [-0.05, 0) is 67.6 Å². The molecule has 2 amide bonds. The lowest BCUT2D eigenvalue weighted by atomic mass is 10.1. The molecular formula is C27H28N2O2. The third-order valence-corrected chi connectivity index (χ3v) is 5.54. The smallest absolute Gasteiger partial charge is 0.230 e. The normalized spacial score (nSPS) is 13.0. The maximum absolute atomic E-state index is 13.0. The minimum absolute atomic E-state index is 0.0682. The highest BCUT2D eigenvalue weighted by atomic mass is 16.2. The van der Waals surface area contributed by atoms with Gasteiger partial charge in [0.1, 0.15) is 0 Å². The molecule has 1 aliphatic rings. The second-order valence-electron chi connectivity index (χ2n) is 8.45. The summed E-state index contributed by atoms with van der Waals surface area (Å²) in [6.45, 7) is 4.59. The number of nitrogens with one attached hydrogen (secondary N) is 1. The largest absolute Gasteiger partial charge is 0.326 e. The van der Waals surface area contributed by atoms with Crippen LogP contribution in [-0.4, -0.2) is 11.8 Å². The zero-order valence-electron chi connectivity index (χ0n) is 18.1. The van der Waals surface area contributed by atoms with E-state index in [4.69, 9.17) is 0 Å². The number of benzene rings is 3. The van der Waals surface area contributed by atoms with Crippen LogP contribution in [0.2, 0.25) is 0 Å². The maximum atomic E-state index is 13.0. The van der Waals surface area contributed by atoms with E-state index in [9.17, 15) is 9.59 Å². The van der Waals surface area contributed by atoms with E-state index >= 15 is 0 Å². The topological polar surface area (TPSA) is 49.4 Å². The summed E-state index contributed by atoms with van der Waals surface area (Å²) in [6.07, 6.45) is 2.18. The van der Waals surface area contributed by atoms with Gasteiger partial charge in [0.05, 0.1) is 13.0 Å². The number of hydrogen-bond donors (Lipinski definition) is 1. The minimum Gasteiger partial charge on any atom is -0.326 e. The van der Waals surface area contributed by atoms with E-state index in [1.807, 2.05) is 60.4 Å². The van der Waals surface area contributed by atoms with Crippen LogP contribution in [0.4, 0.5) is 11.4 Å². The Balaban J connectivity index is 1.51. The number of anilines is 2. The van der Waals surface area contributed by atoms with Gasteiger partial charge < -0.3 is 10.2 Å². The summed E-state index contributed by atoms with van der Waals surface area (Å²) >= 11 is 0. The fourth-order valence-corrected chi connectivity index (χ4v) is 3.67. The predicted molar refractivity (Wildman–Crippen MR) is 125 cm³/mol. The van der Waals surface area contributed by atoms with Gasteiger partial charge in [-0.1, -0.05) is 54.1 Å². The van der Waals surface area contributed by atoms with Gasteiger partial charge >= 0.3 is 0 Å². The zero-order chi connectivity index (χ0) is 21.8. The molecule has 0 aromatic heterocycles. The van der Waals surface area contributed by atoms with E-state index in [1.54, 1.807) is 0 Å². The average Bonchev–Trinajstić information content (AvgIpc) is 3.58. The van der Waals surface area contributed by atoms with Crippen LogP contribution >= 0.6 is 0 Å². The Kier molecular flexibility index (Phi) is 6.17. The Morgan fingerprint density at radius 2 is 1.61 bits per heavy atom. The number of aryl methyl sites for hydroxylation is 2. The van der Waals surface area contributed by atoms with Crippen molar-refractivity contribution in [3.8, 4) is 0 Å². The minimum atomic E-state index is -0.0682. The van der Waals surface area contributed by atoms with E-state index in [2.05, 4.69) is 36.5 Å². The van der Waals surface area contributed by atoms with E-state index < -0.39 is 0 Å². The van der Waals surface area contributed by atoms with Gasteiger partial charge in [-0.15, -0.1) is 0 Å². The molecule has 1 aliphatic carbocycles. The molecule has 0 saturated heterocycles. The van der Waals surface area contributed by atoms with Gasteiger partial charge in [-0.25, -0.2) is 0 Å². The number of hydrogen-bond acceptors (Lipinski definition) is 2. The number of amides is 2. The van der Waals surface area contributed by atoms with Crippen LogP contribution in [0.25, 0.3) is 0 Å². The van der Waals surface area contributed by atoms with Crippen molar-refractivity contribution in [1.29, 1.82) is 0 Å². The molecule has 31 heavy (non-hydrogen) atoms. The van der Waals surface area contributed by atoms with Crippen molar-refractivity contribution in [1.82, 2.24) is 0 Å². The molecule has 4 heteroatoms. The molecular weight excluding hydrogens is 384 g/mol. The van der Waals surface area contributed by atoms with Crippen LogP contribution in [-0.2, 0) is 22.6 Å². The first-order valence-electron chi connectivity index (χ1n) is 10.8. The first kappa shape index (κ1) is 20.9. The van der Waals surface area contributed by atoms with E-state index in [1.165, 1.54) is 5.56 Å². The zero-order valence-corrected chi connectivity index (χ0v) is 18.1. The van der Waals surface area contributed by atoms with Crippen LogP contribution in [0.5, 0.6) is 0 Å². The van der Waals surface area contributed by atoms with Crippen molar-refractivity contribution < 1.29 is 9.59 Å². The third-order valence-electron chi connectivity index (χ3n) is 5.54. The highest BCUT2D eigenvalue weighted by Gasteiger charge is 2.34. The third kappa shape index (κ3) is 5.60. The van der Waals surface area contributed by atoms with Crippen LogP contribution in [0.15, 0.2) is 72.8 Å². The van der Waals surface area contributed by atoms with Crippen LogP contribution in [0.3, 0.4) is 0 Å². The highest BCUT2D eigenvalue weighted by molar-refractivity contribution is 5.97. The number of carbonyl (C=O) groups excluding carboxylic acids is 2. The van der Waals surface area contributed by atoms with Gasteiger partial charge in [-0.2, -0.15) is 0 Å². The molecule has 0 radical (unpaired) electrons. The lowest BCUT2D eigenvalue weighted by Gasteiger charge is -2.24. The summed E-state index contributed by atoms with van der Waals surface area (Å²) in [7, 11) is 0. The fraction of sp³-hybridized carbons (Fsp3) is 0.259. The summed E-state index contributed by atoms with van der Waals surface area (Å²) in [5, 5.41) is 2.96. The molecule has 0 atom stereocenters. The van der Waals surface area contributed by atoms with E-state index in [0.717, 1.165) is 40.9 Å². The standard InChI is InChI=1S/C27H28N2O2/c1-19-9-11-21(12-10-19)18-29(27(31)23-13-14-23)25-8-4-6-22(16-25)17-26(30)28-24-7-3-5-20(2)15-24/h3-12,15-16,23H,13-14,17-18H2,1-2H3,(H,28,30). The van der Waals surface area contributed by atoms with E-state index in [-0.39, 0.29) is 24.2 Å². The van der Waals surface area contributed by atoms with Crippen LogP contribution < -0.4 is 10.2 Å². The predicted octanol–water partition coefficient (Wildman–Crippen LogP) is 5.43. The Morgan fingerprint density at radius 3 is 2.32 bits per heavy atom. The molecule has 1 N–H and O–H groups in total. The molecule has 4 nitrogen and oxygen atoms in total. The average molecular weight is 413 g/mol. The van der Waals surface area contributed by atoms with Gasteiger partial charge in [0.2, 0.25) is 11.8 Å².